The van der Waals surface area contributed by atoms with Crippen molar-refractivity contribution in [1.82, 2.24) is 15.1 Å². The van der Waals surface area contributed by atoms with Crippen molar-refractivity contribution in [2.75, 3.05) is 18.5 Å². The van der Waals surface area contributed by atoms with Crippen LogP contribution in [0.4, 0.5) is 5.69 Å². The maximum atomic E-state index is 12.9. The van der Waals surface area contributed by atoms with Crippen LogP contribution in [-0.4, -0.2) is 34.9 Å². The van der Waals surface area contributed by atoms with Crippen LogP contribution in [0.1, 0.15) is 39.8 Å². The van der Waals surface area contributed by atoms with E-state index < -0.39 is 0 Å². The standard InChI is InChI=1S/C25H29N5O3/c1-5-30-18(4)21(17(3)29-30)15-26-25(28-24(31)19-8-6-7-16(2)13-19)27-20-9-10-22-23(14-20)33-12-11-32-22/h6-10,13-14H,5,11-12,15H2,1-4H3,(H2,26,27,28,31). The number of guanidine groups is 1. The van der Waals surface area contributed by atoms with E-state index in [4.69, 9.17) is 14.5 Å². The van der Waals surface area contributed by atoms with Gasteiger partial charge in [0.15, 0.2) is 11.5 Å². The Bertz CT molecular complexity index is 1200. The summed E-state index contributed by atoms with van der Waals surface area (Å²) in [5.74, 6) is 1.47. The van der Waals surface area contributed by atoms with Crippen molar-refractivity contribution < 1.29 is 14.3 Å². The fourth-order valence-corrected chi connectivity index (χ4v) is 3.76. The van der Waals surface area contributed by atoms with E-state index in [1.165, 1.54) is 0 Å². The monoisotopic (exact) mass is 447 g/mol. The number of carbonyl (C=O) groups excluding carboxylic acids is 1. The Balaban J connectivity index is 1.60. The SMILES string of the molecule is CCn1nc(C)c(CN=C(NC(=O)c2cccc(C)c2)Nc2ccc3c(c2)OCCO3)c1C. The van der Waals surface area contributed by atoms with Crippen LogP contribution in [0.2, 0.25) is 0 Å². The average molecular weight is 448 g/mol. The number of aliphatic imine (C=N–C) groups is 1. The van der Waals surface area contributed by atoms with Gasteiger partial charge in [-0.05, 0) is 52.0 Å². The Morgan fingerprint density at radius 2 is 1.88 bits per heavy atom. The molecule has 0 saturated carbocycles. The number of hydrogen-bond acceptors (Lipinski definition) is 5. The van der Waals surface area contributed by atoms with Gasteiger partial charge in [0, 0.05) is 35.1 Å². The molecule has 0 fully saturated rings. The lowest BCUT2D eigenvalue weighted by atomic mass is 10.1. The molecular formula is C25H29N5O3. The smallest absolute Gasteiger partial charge is 0.257 e. The molecule has 0 atom stereocenters. The van der Waals surface area contributed by atoms with Crippen molar-refractivity contribution in [1.29, 1.82) is 0 Å². The molecule has 1 aliphatic heterocycles. The van der Waals surface area contributed by atoms with E-state index in [1.54, 1.807) is 6.07 Å². The highest BCUT2D eigenvalue weighted by Crippen LogP contribution is 2.32. The van der Waals surface area contributed by atoms with E-state index >= 15 is 0 Å². The van der Waals surface area contributed by atoms with Gasteiger partial charge in [-0.1, -0.05) is 17.7 Å². The molecule has 172 valence electrons. The number of rotatable bonds is 5. The van der Waals surface area contributed by atoms with Crippen LogP contribution in [0.15, 0.2) is 47.5 Å². The summed E-state index contributed by atoms with van der Waals surface area (Å²) in [7, 11) is 0. The van der Waals surface area contributed by atoms with E-state index in [1.807, 2.05) is 61.9 Å². The van der Waals surface area contributed by atoms with Crippen LogP contribution in [-0.2, 0) is 13.1 Å². The molecule has 0 unspecified atom stereocenters. The van der Waals surface area contributed by atoms with Gasteiger partial charge in [0.25, 0.3) is 5.91 Å². The van der Waals surface area contributed by atoms with Gasteiger partial charge < -0.3 is 14.8 Å². The van der Waals surface area contributed by atoms with Crippen LogP contribution in [0.25, 0.3) is 0 Å². The highest BCUT2D eigenvalue weighted by Gasteiger charge is 2.15. The Hall–Kier alpha value is -3.81. The van der Waals surface area contributed by atoms with E-state index in [0.717, 1.165) is 34.7 Å². The molecule has 2 heterocycles. The third-order valence-electron chi connectivity index (χ3n) is 5.54. The van der Waals surface area contributed by atoms with Crippen molar-refractivity contribution >= 4 is 17.6 Å². The number of aromatic nitrogens is 2. The number of aryl methyl sites for hydroxylation is 3. The molecule has 4 rings (SSSR count). The molecule has 0 radical (unpaired) electrons. The minimum absolute atomic E-state index is 0.236. The van der Waals surface area contributed by atoms with Gasteiger partial charge in [0.05, 0.1) is 12.2 Å². The molecule has 8 heteroatoms. The molecule has 3 aromatic rings. The molecule has 0 saturated heterocycles. The summed E-state index contributed by atoms with van der Waals surface area (Å²) in [6.45, 7) is 10.2. The summed E-state index contributed by atoms with van der Waals surface area (Å²) in [6, 6.07) is 13.0. The first kappa shape index (κ1) is 22.4. The molecule has 1 aromatic heterocycles. The minimum atomic E-state index is -0.236. The van der Waals surface area contributed by atoms with Crippen molar-refractivity contribution in [3.63, 3.8) is 0 Å². The van der Waals surface area contributed by atoms with E-state index in [0.29, 0.717) is 42.8 Å². The predicted octanol–water partition coefficient (Wildman–Crippen LogP) is 4.00. The summed E-state index contributed by atoms with van der Waals surface area (Å²) in [5.41, 5.74) is 5.37. The number of nitrogens with zero attached hydrogens (tertiary/aromatic N) is 3. The van der Waals surface area contributed by atoms with E-state index in [2.05, 4.69) is 22.7 Å². The third kappa shape index (κ3) is 5.16. The first-order valence-corrected chi connectivity index (χ1v) is 11.1. The summed E-state index contributed by atoms with van der Waals surface area (Å²) in [4.78, 5) is 17.6. The van der Waals surface area contributed by atoms with Gasteiger partial charge in [0.2, 0.25) is 5.96 Å². The molecule has 1 amide bonds. The Morgan fingerprint density at radius 3 is 2.61 bits per heavy atom. The molecule has 33 heavy (non-hydrogen) atoms. The first-order valence-electron chi connectivity index (χ1n) is 11.1. The Morgan fingerprint density at radius 1 is 1.09 bits per heavy atom. The van der Waals surface area contributed by atoms with Gasteiger partial charge in [-0.25, -0.2) is 4.99 Å². The molecule has 0 spiro atoms. The van der Waals surface area contributed by atoms with E-state index in [-0.39, 0.29) is 5.91 Å². The Kier molecular flexibility index (Phi) is 6.63. The van der Waals surface area contributed by atoms with Gasteiger partial charge in [-0.2, -0.15) is 5.10 Å². The molecule has 8 nitrogen and oxygen atoms in total. The molecule has 2 N–H and O–H groups in total. The number of ether oxygens (including phenoxy) is 2. The second-order valence-electron chi connectivity index (χ2n) is 7.94. The lowest BCUT2D eigenvalue weighted by molar-refractivity contribution is 0.0977. The lowest BCUT2D eigenvalue weighted by Gasteiger charge is -2.19. The molecule has 1 aliphatic rings. The van der Waals surface area contributed by atoms with E-state index in [9.17, 15) is 4.79 Å². The number of fused-ring (bicyclic) bond motifs is 1. The summed E-state index contributed by atoms with van der Waals surface area (Å²) in [5, 5.41) is 10.7. The largest absolute Gasteiger partial charge is 0.486 e. The summed E-state index contributed by atoms with van der Waals surface area (Å²) >= 11 is 0. The lowest BCUT2D eigenvalue weighted by Crippen LogP contribution is -2.36. The van der Waals surface area contributed by atoms with Crippen LogP contribution in [0.5, 0.6) is 11.5 Å². The maximum absolute atomic E-state index is 12.9. The zero-order valence-corrected chi connectivity index (χ0v) is 19.4. The number of benzene rings is 2. The van der Waals surface area contributed by atoms with Gasteiger partial charge in [-0.15, -0.1) is 0 Å². The predicted molar refractivity (Wildman–Crippen MR) is 128 cm³/mol. The van der Waals surface area contributed by atoms with Crippen LogP contribution < -0.4 is 20.1 Å². The number of hydrogen-bond donors (Lipinski definition) is 2. The summed E-state index contributed by atoms with van der Waals surface area (Å²) in [6.07, 6.45) is 0. The number of nitrogens with one attached hydrogen (secondary N) is 2. The zero-order valence-electron chi connectivity index (χ0n) is 19.4. The minimum Gasteiger partial charge on any atom is -0.486 e. The number of anilines is 1. The maximum Gasteiger partial charge on any atom is 0.257 e. The first-order chi connectivity index (χ1) is 15.9. The average Bonchev–Trinajstić information content (AvgIpc) is 3.09. The Labute approximate surface area is 193 Å². The molecular weight excluding hydrogens is 418 g/mol. The van der Waals surface area contributed by atoms with Crippen molar-refractivity contribution in [2.24, 2.45) is 4.99 Å². The molecule has 0 bridgehead atoms. The van der Waals surface area contributed by atoms with Crippen molar-refractivity contribution in [2.45, 2.75) is 40.8 Å². The zero-order chi connectivity index (χ0) is 23.4. The normalized spacial score (nSPS) is 13.0. The van der Waals surface area contributed by atoms with Crippen LogP contribution in [0.3, 0.4) is 0 Å². The van der Waals surface area contributed by atoms with Gasteiger partial charge >= 0.3 is 0 Å². The van der Waals surface area contributed by atoms with Crippen LogP contribution >= 0.6 is 0 Å². The highest BCUT2D eigenvalue weighted by atomic mass is 16.6. The van der Waals surface area contributed by atoms with Crippen LogP contribution in [0, 0.1) is 20.8 Å². The second kappa shape index (κ2) is 9.77. The molecule has 0 aliphatic carbocycles. The fourth-order valence-electron chi connectivity index (χ4n) is 3.76. The quantitative estimate of drug-likeness (QED) is 0.456. The van der Waals surface area contributed by atoms with Crippen molar-refractivity contribution in [3.8, 4) is 11.5 Å². The topological polar surface area (TPSA) is 89.8 Å². The number of amides is 1. The van der Waals surface area contributed by atoms with Crippen molar-refractivity contribution in [3.05, 3.63) is 70.5 Å². The fraction of sp³-hybridized carbons (Fsp3) is 0.320. The third-order valence-corrected chi connectivity index (χ3v) is 5.54. The van der Waals surface area contributed by atoms with Gasteiger partial charge in [-0.3, -0.25) is 14.8 Å². The van der Waals surface area contributed by atoms with Gasteiger partial charge in [0.1, 0.15) is 13.2 Å². The molecule has 2 aromatic carbocycles. The highest BCUT2D eigenvalue weighted by molar-refractivity contribution is 6.10. The summed E-state index contributed by atoms with van der Waals surface area (Å²) < 4.78 is 13.2. The number of carbonyl (C=O) groups is 1. The second-order valence-corrected chi connectivity index (χ2v) is 7.94.